The van der Waals surface area contributed by atoms with Gasteiger partial charge in [-0.1, -0.05) is 0 Å². The Morgan fingerprint density at radius 2 is 2.50 bits per heavy atom. The lowest BCUT2D eigenvalue weighted by Crippen LogP contribution is -2.28. The Morgan fingerprint density at radius 1 is 1.80 bits per heavy atom. The highest BCUT2D eigenvalue weighted by atomic mass is 16.6. The van der Waals surface area contributed by atoms with Crippen molar-refractivity contribution in [3.8, 4) is 0 Å². The summed E-state index contributed by atoms with van der Waals surface area (Å²) in [4.78, 5) is 12.5. The van der Waals surface area contributed by atoms with Gasteiger partial charge < -0.3 is 15.0 Å². The number of carbonyl (C=O) groups is 1. The highest BCUT2D eigenvalue weighted by Gasteiger charge is 2.22. The summed E-state index contributed by atoms with van der Waals surface area (Å²) >= 11 is 0. The molecule has 1 saturated heterocycles. The summed E-state index contributed by atoms with van der Waals surface area (Å²) in [5.74, 6) is 0. The van der Waals surface area contributed by atoms with Gasteiger partial charge in [0, 0.05) is 6.54 Å². The van der Waals surface area contributed by atoms with Crippen LogP contribution in [-0.2, 0) is 4.74 Å². The number of ether oxygens (including phenoxy) is 1. The summed E-state index contributed by atoms with van der Waals surface area (Å²) in [6.07, 6.45) is -0.269. The van der Waals surface area contributed by atoms with Crippen LogP contribution in [0.5, 0.6) is 0 Å². The van der Waals surface area contributed by atoms with Crippen molar-refractivity contribution in [3.05, 3.63) is 0 Å². The molecule has 1 N–H and O–H groups in total. The third kappa shape index (κ3) is 1.88. The molecule has 1 aliphatic rings. The number of rotatable bonds is 2. The summed E-state index contributed by atoms with van der Waals surface area (Å²) in [5.41, 5.74) is 0. The second-order valence-corrected chi connectivity index (χ2v) is 2.67. The van der Waals surface area contributed by atoms with Crippen LogP contribution in [0.3, 0.4) is 0 Å². The first-order valence-electron chi connectivity index (χ1n) is 3.27. The molecule has 1 amide bonds. The molecule has 4 heteroatoms. The van der Waals surface area contributed by atoms with E-state index >= 15 is 0 Å². The number of hydrogen-bond acceptors (Lipinski definition) is 3. The van der Waals surface area contributed by atoms with Crippen LogP contribution in [0.4, 0.5) is 4.79 Å². The summed E-state index contributed by atoms with van der Waals surface area (Å²) in [7, 11) is 3.90. The molecule has 4 nitrogen and oxygen atoms in total. The third-order valence-electron chi connectivity index (χ3n) is 1.32. The maximum absolute atomic E-state index is 10.5. The second-order valence-electron chi connectivity index (χ2n) is 2.67. The molecule has 0 spiro atoms. The minimum atomic E-state index is -0.299. The number of nitrogens with one attached hydrogen (secondary N) is 1. The van der Waals surface area contributed by atoms with E-state index in [2.05, 4.69) is 5.32 Å². The van der Waals surface area contributed by atoms with Gasteiger partial charge in [0.25, 0.3) is 0 Å². The first-order chi connectivity index (χ1) is 4.68. The fourth-order valence-electron chi connectivity index (χ4n) is 0.941. The van der Waals surface area contributed by atoms with E-state index in [1.54, 1.807) is 0 Å². The molecule has 0 saturated carbocycles. The van der Waals surface area contributed by atoms with Crippen LogP contribution in [-0.4, -0.2) is 44.3 Å². The molecule has 1 heterocycles. The van der Waals surface area contributed by atoms with Gasteiger partial charge >= 0.3 is 6.09 Å². The molecule has 1 rings (SSSR count). The first kappa shape index (κ1) is 7.34. The molecule has 0 aromatic heterocycles. The Kier molecular flexibility index (Phi) is 2.11. The monoisotopic (exact) mass is 144 g/mol. The Labute approximate surface area is 60.1 Å². The molecule has 0 unspecified atom stereocenters. The summed E-state index contributed by atoms with van der Waals surface area (Å²) in [6.45, 7) is 1.43. The zero-order chi connectivity index (χ0) is 7.56. The molecule has 0 aromatic carbocycles. The van der Waals surface area contributed by atoms with Gasteiger partial charge in [0.2, 0.25) is 0 Å². The number of hydrogen-bond donors (Lipinski definition) is 1. The molecule has 1 aliphatic heterocycles. The Balaban J connectivity index is 2.24. The molecular weight excluding hydrogens is 132 g/mol. The van der Waals surface area contributed by atoms with Crippen LogP contribution in [0, 0.1) is 0 Å². The van der Waals surface area contributed by atoms with E-state index in [0.29, 0.717) is 6.54 Å². The van der Waals surface area contributed by atoms with Gasteiger partial charge in [0.05, 0.1) is 6.54 Å². The van der Waals surface area contributed by atoms with Crippen molar-refractivity contribution in [1.82, 2.24) is 10.2 Å². The predicted molar refractivity (Wildman–Crippen MR) is 36.8 cm³/mol. The lowest BCUT2D eigenvalue weighted by Gasteiger charge is -2.12. The molecule has 0 radical (unpaired) electrons. The average molecular weight is 144 g/mol. The van der Waals surface area contributed by atoms with Gasteiger partial charge in [-0.05, 0) is 14.1 Å². The Hall–Kier alpha value is -0.770. The number of alkyl carbamates (subject to hydrolysis) is 1. The quantitative estimate of drug-likeness (QED) is 0.576. The van der Waals surface area contributed by atoms with E-state index in [1.807, 2.05) is 19.0 Å². The van der Waals surface area contributed by atoms with Crippen molar-refractivity contribution in [1.29, 1.82) is 0 Å². The van der Waals surface area contributed by atoms with Crippen LogP contribution in [0.2, 0.25) is 0 Å². The van der Waals surface area contributed by atoms with E-state index in [9.17, 15) is 4.79 Å². The fraction of sp³-hybridized carbons (Fsp3) is 0.833. The topological polar surface area (TPSA) is 41.6 Å². The summed E-state index contributed by atoms with van der Waals surface area (Å²) in [6, 6.07) is 0. The first-order valence-corrected chi connectivity index (χ1v) is 3.27. The minimum absolute atomic E-state index is 0.0301. The summed E-state index contributed by atoms with van der Waals surface area (Å²) < 4.78 is 4.88. The molecular formula is C6H12N2O2. The van der Waals surface area contributed by atoms with Crippen molar-refractivity contribution in [2.45, 2.75) is 6.10 Å². The summed E-state index contributed by atoms with van der Waals surface area (Å²) in [5, 5.41) is 2.59. The maximum Gasteiger partial charge on any atom is 0.407 e. The number of cyclic esters (lactones) is 1. The normalized spacial score (nSPS) is 24.7. The number of likely N-dealkylation sites (N-methyl/N-ethyl adjacent to an activating group) is 1. The van der Waals surface area contributed by atoms with E-state index in [-0.39, 0.29) is 12.2 Å². The zero-order valence-electron chi connectivity index (χ0n) is 6.26. The highest BCUT2D eigenvalue weighted by Crippen LogP contribution is 1.99. The van der Waals surface area contributed by atoms with E-state index < -0.39 is 0 Å². The zero-order valence-corrected chi connectivity index (χ0v) is 6.26. The van der Waals surface area contributed by atoms with Crippen LogP contribution >= 0.6 is 0 Å². The Bertz CT molecular complexity index is 136. The lowest BCUT2D eigenvalue weighted by molar-refractivity contribution is 0.123. The van der Waals surface area contributed by atoms with E-state index in [1.165, 1.54) is 0 Å². The van der Waals surface area contributed by atoms with Gasteiger partial charge in [0.1, 0.15) is 6.10 Å². The average Bonchev–Trinajstić information content (AvgIpc) is 2.13. The molecule has 0 aliphatic carbocycles. The number of carbonyl (C=O) groups excluding carboxylic acids is 1. The van der Waals surface area contributed by atoms with Crippen LogP contribution in [0.1, 0.15) is 0 Å². The molecule has 10 heavy (non-hydrogen) atoms. The standard InChI is InChI=1S/C6H12N2O2/c1-8(2)4-5-3-7-6(9)10-5/h5H,3-4H2,1-2H3,(H,7,9)/t5-/m1/s1. The van der Waals surface area contributed by atoms with Crippen LogP contribution in [0.15, 0.2) is 0 Å². The van der Waals surface area contributed by atoms with Crippen molar-refractivity contribution in [2.75, 3.05) is 27.2 Å². The predicted octanol–water partition coefficient (Wildman–Crippen LogP) is -0.344. The van der Waals surface area contributed by atoms with Gasteiger partial charge in [-0.2, -0.15) is 0 Å². The lowest BCUT2D eigenvalue weighted by atomic mass is 10.3. The van der Waals surface area contributed by atoms with E-state index in [4.69, 9.17) is 4.74 Å². The minimum Gasteiger partial charge on any atom is -0.443 e. The largest absolute Gasteiger partial charge is 0.443 e. The van der Waals surface area contributed by atoms with Gasteiger partial charge in [0.15, 0.2) is 0 Å². The number of nitrogens with zero attached hydrogens (tertiary/aromatic N) is 1. The fourth-order valence-corrected chi connectivity index (χ4v) is 0.941. The van der Waals surface area contributed by atoms with Gasteiger partial charge in [-0.3, -0.25) is 0 Å². The van der Waals surface area contributed by atoms with Crippen LogP contribution < -0.4 is 5.32 Å². The smallest absolute Gasteiger partial charge is 0.407 e. The highest BCUT2D eigenvalue weighted by molar-refractivity contribution is 5.69. The SMILES string of the molecule is CN(C)C[C@H]1CNC(=O)O1. The third-order valence-corrected chi connectivity index (χ3v) is 1.32. The second kappa shape index (κ2) is 2.88. The molecule has 0 bridgehead atoms. The number of amides is 1. The van der Waals surface area contributed by atoms with Crippen LogP contribution in [0.25, 0.3) is 0 Å². The molecule has 1 fully saturated rings. The Morgan fingerprint density at radius 3 is 2.90 bits per heavy atom. The van der Waals surface area contributed by atoms with Crippen molar-refractivity contribution in [3.63, 3.8) is 0 Å². The molecule has 0 aromatic rings. The van der Waals surface area contributed by atoms with Crippen molar-refractivity contribution >= 4 is 6.09 Å². The van der Waals surface area contributed by atoms with E-state index in [0.717, 1.165) is 6.54 Å². The molecule has 58 valence electrons. The maximum atomic E-state index is 10.5. The molecule has 1 atom stereocenters. The van der Waals surface area contributed by atoms with Crippen molar-refractivity contribution in [2.24, 2.45) is 0 Å². The van der Waals surface area contributed by atoms with Gasteiger partial charge in [-0.25, -0.2) is 4.79 Å². The van der Waals surface area contributed by atoms with Gasteiger partial charge in [-0.15, -0.1) is 0 Å². The van der Waals surface area contributed by atoms with Crippen molar-refractivity contribution < 1.29 is 9.53 Å².